The standard InChI is InChI=1S/C7H14.3C2H6/c1-4-6-7(3)5-2;3*1-2/h3-6H2,1-2H3;3*1-2H3. The zero-order chi connectivity index (χ0) is 11.7. The molecule has 0 aromatic rings. The van der Waals surface area contributed by atoms with Crippen LogP contribution in [0.15, 0.2) is 12.2 Å². The number of hydrogen-bond acceptors (Lipinski definition) is 0. The molecule has 0 atom stereocenters. The third-order valence-electron chi connectivity index (χ3n) is 1.10. The van der Waals surface area contributed by atoms with E-state index in [4.69, 9.17) is 0 Å². The first-order chi connectivity index (χ1) is 6.31. The molecule has 0 spiro atoms. The average molecular weight is 188 g/mol. The van der Waals surface area contributed by atoms with Gasteiger partial charge in [0.2, 0.25) is 0 Å². The van der Waals surface area contributed by atoms with Crippen LogP contribution in [-0.4, -0.2) is 0 Å². The Morgan fingerprint density at radius 1 is 0.846 bits per heavy atom. The van der Waals surface area contributed by atoms with Crippen molar-refractivity contribution in [2.75, 3.05) is 0 Å². The summed E-state index contributed by atoms with van der Waals surface area (Å²) in [6, 6.07) is 0. The van der Waals surface area contributed by atoms with Crippen molar-refractivity contribution in [1.29, 1.82) is 0 Å². The van der Waals surface area contributed by atoms with Gasteiger partial charge in [-0.25, -0.2) is 0 Å². The average Bonchev–Trinajstić information content (AvgIpc) is 2.27. The van der Waals surface area contributed by atoms with Crippen LogP contribution in [0.4, 0.5) is 0 Å². The van der Waals surface area contributed by atoms with Crippen LogP contribution >= 0.6 is 0 Å². The van der Waals surface area contributed by atoms with Crippen LogP contribution in [0, 0.1) is 0 Å². The summed E-state index contributed by atoms with van der Waals surface area (Å²) in [4.78, 5) is 0. The quantitative estimate of drug-likeness (QED) is 0.489. The Labute approximate surface area is 87.4 Å². The van der Waals surface area contributed by atoms with Gasteiger partial charge in [-0.05, 0) is 12.8 Å². The summed E-state index contributed by atoms with van der Waals surface area (Å²) in [6.45, 7) is 20.2. The van der Waals surface area contributed by atoms with Gasteiger partial charge in [0.15, 0.2) is 0 Å². The molecule has 0 aromatic heterocycles. The molecule has 0 radical (unpaired) electrons. The van der Waals surface area contributed by atoms with Crippen molar-refractivity contribution in [2.45, 2.75) is 74.7 Å². The largest absolute Gasteiger partial charge is 0.0999 e. The zero-order valence-electron chi connectivity index (χ0n) is 11.3. The normalized spacial score (nSPS) is 6.15. The van der Waals surface area contributed by atoms with E-state index in [1.165, 1.54) is 18.4 Å². The van der Waals surface area contributed by atoms with Crippen molar-refractivity contribution in [1.82, 2.24) is 0 Å². The molecule has 13 heavy (non-hydrogen) atoms. The third kappa shape index (κ3) is 49.6. The second kappa shape index (κ2) is 41.1. The molecule has 0 heterocycles. The fourth-order valence-corrected chi connectivity index (χ4v) is 0.530. The van der Waals surface area contributed by atoms with Crippen LogP contribution in [0.1, 0.15) is 74.7 Å². The summed E-state index contributed by atoms with van der Waals surface area (Å²) in [7, 11) is 0. The van der Waals surface area contributed by atoms with Crippen molar-refractivity contribution < 1.29 is 0 Å². The highest BCUT2D eigenvalue weighted by Gasteiger charge is 1.83. The number of rotatable bonds is 3. The Hall–Kier alpha value is -0.260. The summed E-state index contributed by atoms with van der Waals surface area (Å²) in [5.74, 6) is 0. The van der Waals surface area contributed by atoms with E-state index in [1.54, 1.807) is 0 Å². The van der Waals surface area contributed by atoms with Crippen LogP contribution < -0.4 is 0 Å². The van der Waals surface area contributed by atoms with Crippen molar-refractivity contribution in [2.24, 2.45) is 0 Å². The smallest absolute Gasteiger partial charge is 0.0326 e. The highest BCUT2D eigenvalue weighted by Crippen LogP contribution is 2.03. The van der Waals surface area contributed by atoms with E-state index < -0.39 is 0 Å². The maximum Gasteiger partial charge on any atom is -0.0326 e. The SMILES string of the molecule is C=C(CC)CCC.CC.CC.CC. The van der Waals surface area contributed by atoms with Crippen LogP contribution in [0.25, 0.3) is 0 Å². The fraction of sp³-hybridized carbons (Fsp3) is 0.846. The summed E-state index contributed by atoms with van der Waals surface area (Å²) in [5, 5.41) is 0. The van der Waals surface area contributed by atoms with E-state index >= 15 is 0 Å². The van der Waals surface area contributed by atoms with E-state index in [-0.39, 0.29) is 0 Å². The Morgan fingerprint density at radius 2 is 1.15 bits per heavy atom. The van der Waals surface area contributed by atoms with Gasteiger partial charge in [-0.2, -0.15) is 0 Å². The Morgan fingerprint density at radius 3 is 1.23 bits per heavy atom. The van der Waals surface area contributed by atoms with Crippen molar-refractivity contribution in [3.8, 4) is 0 Å². The number of hydrogen-bond donors (Lipinski definition) is 0. The van der Waals surface area contributed by atoms with E-state index in [1.807, 2.05) is 41.5 Å². The Bertz CT molecular complexity index is 53.1. The molecular weight excluding hydrogens is 156 g/mol. The molecule has 0 aliphatic heterocycles. The van der Waals surface area contributed by atoms with Gasteiger partial charge in [0, 0.05) is 0 Å². The van der Waals surface area contributed by atoms with Crippen molar-refractivity contribution >= 4 is 0 Å². The molecule has 0 saturated heterocycles. The van der Waals surface area contributed by atoms with Crippen LogP contribution in [0.2, 0.25) is 0 Å². The van der Waals surface area contributed by atoms with Gasteiger partial charge in [-0.15, -0.1) is 0 Å². The molecule has 0 aliphatic carbocycles. The molecule has 0 aromatic carbocycles. The Kier molecular flexibility index (Phi) is 72.7. The van der Waals surface area contributed by atoms with Crippen molar-refractivity contribution in [3.05, 3.63) is 12.2 Å². The van der Waals surface area contributed by atoms with E-state index in [0.29, 0.717) is 0 Å². The van der Waals surface area contributed by atoms with E-state index in [9.17, 15) is 0 Å². The molecular formula is C13H32. The minimum absolute atomic E-state index is 1.15. The lowest BCUT2D eigenvalue weighted by Crippen LogP contribution is -1.73. The molecule has 0 saturated carbocycles. The lowest BCUT2D eigenvalue weighted by Gasteiger charge is -1.94. The summed E-state index contributed by atoms with van der Waals surface area (Å²) in [6.07, 6.45) is 3.59. The topological polar surface area (TPSA) is 0 Å². The molecule has 0 bridgehead atoms. The number of allylic oxidation sites excluding steroid dienone is 1. The first kappa shape index (κ1) is 23.0. The molecule has 0 fully saturated rings. The zero-order valence-corrected chi connectivity index (χ0v) is 11.3. The maximum atomic E-state index is 3.86. The molecule has 0 N–H and O–H groups in total. The first-order valence-corrected chi connectivity index (χ1v) is 5.97. The molecule has 0 aliphatic rings. The minimum Gasteiger partial charge on any atom is -0.0999 e. The maximum absolute atomic E-state index is 3.86. The van der Waals surface area contributed by atoms with Crippen LogP contribution in [-0.2, 0) is 0 Å². The van der Waals surface area contributed by atoms with Gasteiger partial charge in [0.1, 0.15) is 0 Å². The minimum atomic E-state index is 1.15. The van der Waals surface area contributed by atoms with Gasteiger partial charge in [-0.1, -0.05) is 74.0 Å². The monoisotopic (exact) mass is 188 g/mol. The molecule has 0 heteroatoms. The fourth-order valence-electron chi connectivity index (χ4n) is 0.530. The van der Waals surface area contributed by atoms with E-state index in [0.717, 1.165) is 6.42 Å². The summed E-state index contributed by atoms with van der Waals surface area (Å²) >= 11 is 0. The highest BCUT2D eigenvalue weighted by molar-refractivity contribution is 4.91. The lowest BCUT2D eigenvalue weighted by molar-refractivity contribution is 0.863. The van der Waals surface area contributed by atoms with Gasteiger partial charge in [-0.3, -0.25) is 0 Å². The molecule has 0 nitrogen and oxygen atoms in total. The molecule has 0 rings (SSSR count). The summed E-state index contributed by atoms with van der Waals surface area (Å²) < 4.78 is 0. The van der Waals surface area contributed by atoms with Gasteiger partial charge in [0.25, 0.3) is 0 Å². The molecule has 0 unspecified atom stereocenters. The highest BCUT2D eigenvalue weighted by atomic mass is 13.9. The molecule has 84 valence electrons. The van der Waals surface area contributed by atoms with Gasteiger partial charge >= 0.3 is 0 Å². The predicted octanol–water partition coefficient (Wildman–Crippen LogP) is 5.83. The third-order valence-corrected chi connectivity index (χ3v) is 1.10. The van der Waals surface area contributed by atoms with Gasteiger partial charge in [0.05, 0.1) is 0 Å². The predicted molar refractivity (Wildman–Crippen MR) is 68.4 cm³/mol. The lowest BCUT2D eigenvalue weighted by atomic mass is 10.1. The summed E-state index contributed by atoms with van der Waals surface area (Å²) in [5.41, 5.74) is 1.38. The first-order valence-electron chi connectivity index (χ1n) is 5.97. The Balaban J connectivity index is -0.0000000573. The van der Waals surface area contributed by atoms with Crippen LogP contribution in [0.3, 0.4) is 0 Å². The van der Waals surface area contributed by atoms with E-state index in [2.05, 4.69) is 20.4 Å². The van der Waals surface area contributed by atoms with Crippen molar-refractivity contribution in [3.63, 3.8) is 0 Å². The van der Waals surface area contributed by atoms with Gasteiger partial charge < -0.3 is 0 Å². The second-order valence-corrected chi connectivity index (χ2v) is 1.85. The molecule has 0 amide bonds. The van der Waals surface area contributed by atoms with Crippen LogP contribution in [0.5, 0.6) is 0 Å². The second-order valence-electron chi connectivity index (χ2n) is 1.85.